The SMILES string of the molecule is CC[C@H](C)[C@H](NC(=O)CCc1ccc(F)cc1)C(=O)N[C@@H](C)C(=O)N[C@@H](CCC(N)=O)C(=O)Nc1cccc(Br)n1. The number of carbonyl (C=O) groups is 5. The second kappa shape index (κ2) is 16.4. The number of hydrogen-bond acceptors (Lipinski definition) is 6. The van der Waals surface area contributed by atoms with Crippen LogP contribution < -0.4 is 27.0 Å². The van der Waals surface area contributed by atoms with Crippen molar-refractivity contribution in [2.45, 2.75) is 71.0 Å². The van der Waals surface area contributed by atoms with Crippen molar-refractivity contribution < 1.29 is 28.4 Å². The van der Waals surface area contributed by atoms with Crippen LogP contribution in [0.4, 0.5) is 10.2 Å². The fraction of sp³-hybridized carbons (Fsp3) is 0.429. The Labute approximate surface area is 246 Å². The number of rotatable bonds is 15. The van der Waals surface area contributed by atoms with Crippen LogP contribution in [0.15, 0.2) is 47.1 Å². The monoisotopic (exact) mass is 634 g/mol. The number of anilines is 1. The summed E-state index contributed by atoms with van der Waals surface area (Å²) in [5, 5.41) is 10.5. The highest BCUT2D eigenvalue weighted by atomic mass is 79.9. The lowest BCUT2D eigenvalue weighted by Gasteiger charge is -2.26. The fourth-order valence-corrected chi connectivity index (χ4v) is 4.11. The van der Waals surface area contributed by atoms with Gasteiger partial charge in [-0.2, -0.15) is 0 Å². The molecule has 0 saturated heterocycles. The number of nitrogens with two attached hydrogens (primary N) is 1. The summed E-state index contributed by atoms with van der Waals surface area (Å²) in [4.78, 5) is 67.0. The molecule has 0 unspecified atom stereocenters. The highest BCUT2D eigenvalue weighted by molar-refractivity contribution is 9.10. The summed E-state index contributed by atoms with van der Waals surface area (Å²) in [6.07, 6.45) is 0.803. The Hall–Kier alpha value is -3.87. The van der Waals surface area contributed by atoms with Gasteiger partial charge in [-0.3, -0.25) is 24.0 Å². The fourth-order valence-electron chi connectivity index (χ4n) is 3.77. The van der Waals surface area contributed by atoms with Gasteiger partial charge in [0.05, 0.1) is 0 Å². The van der Waals surface area contributed by atoms with Crippen molar-refractivity contribution in [1.82, 2.24) is 20.9 Å². The Bertz CT molecular complexity index is 1230. The molecule has 1 aromatic carbocycles. The Morgan fingerprint density at radius 2 is 1.61 bits per heavy atom. The van der Waals surface area contributed by atoms with Gasteiger partial charge in [0.25, 0.3) is 0 Å². The number of amides is 5. The van der Waals surface area contributed by atoms with Gasteiger partial charge in [-0.15, -0.1) is 0 Å². The quantitative estimate of drug-likeness (QED) is 0.188. The Morgan fingerprint density at radius 1 is 0.927 bits per heavy atom. The molecule has 0 fully saturated rings. The van der Waals surface area contributed by atoms with Gasteiger partial charge >= 0.3 is 0 Å². The van der Waals surface area contributed by atoms with Crippen LogP contribution in [-0.4, -0.2) is 52.6 Å². The second-order valence-electron chi connectivity index (χ2n) is 9.69. The molecule has 1 heterocycles. The molecule has 2 rings (SSSR count). The molecular weight excluding hydrogens is 599 g/mol. The standard InChI is InChI=1S/C28H36BrFN6O5/c1-4-16(2)25(36-24(38)15-10-18-8-11-19(30)12-9-18)28(41)32-17(3)26(39)33-20(13-14-22(31)37)27(40)35-23-7-5-6-21(29)34-23/h5-9,11-12,16-17,20,25H,4,10,13-15H2,1-3H3,(H2,31,37)(H,32,41)(H,33,39)(H,36,38)(H,34,35,40)/t16-,17-,20-,25-/m0/s1. The van der Waals surface area contributed by atoms with E-state index in [9.17, 15) is 28.4 Å². The summed E-state index contributed by atoms with van der Waals surface area (Å²) in [6, 6.07) is 7.59. The molecule has 13 heteroatoms. The van der Waals surface area contributed by atoms with Crippen LogP contribution in [-0.2, 0) is 30.4 Å². The molecule has 0 aliphatic rings. The summed E-state index contributed by atoms with van der Waals surface area (Å²) in [6.45, 7) is 5.11. The van der Waals surface area contributed by atoms with E-state index < -0.39 is 41.8 Å². The van der Waals surface area contributed by atoms with Crippen molar-refractivity contribution in [1.29, 1.82) is 0 Å². The normalized spacial score (nSPS) is 13.7. The molecule has 11 nitrogen and oxygen atoms in total. The zero-order valence-electron chi connectivity index (χ0n) is 23.2. The largest absolute Gasteiger partial charge is 0.370 e. The number of nitrogens with one attached hydrogen (secondary N) is 4. The molecule has 5 amide bonds. The van der Waals surface area contributed by atoms with Crippen molar-refractivity contribution in [2.24, 2.45) is 11.7 Å². The maximum absolute atomic E-state index is 13.1. The molecule has 0 saturated carbocycles. The lowest BCUT2D eigenvalue weighted by atomic mass is 9.97. The van der Waals surface area contributed by atoms with E-state index in [-0.39, 0.29) is 42.7 Å². The number of primary amides is 1. The molecule has 41 heavy (non-hydrogen) atoms. The van der Waals surface area contributed by atoms with E-state index in [2.05, 4.69) is 42.2 Å². The third-order valence-electron chi connectivity index (χ3n) is 6.40. The number of aryl methyl sites for hydroxylation is 1. The Kier molecular flexibility index (Phi) is 13.3. The summed E-state index contributed by atoms with van der Waals surface area (Å²) < 4.78 is 13.6. The average molecular weight is 636 g/mol. The van der Waals surface area contributed by atoms with Gasteiger partial charge in [-0.05, 0) is 71.4 Å². The first kappa shape index (κ1) is 33.3. The maximum Gasteiger partial charge on any atom is 0.248 e. The lowest BCUT2D eigenvalue weighted by Crippen LogP contribution is -2.56. The van der Waals surface area contributed by atoms with Gasteiger partial charge in [0.2, 0.25) is 29.5 Å². The highest BCUT2D eigenvalue weighted by Crippen LogP contribution is 2.12. The van der Waals surface area contributed by atoms with Crippen LogP contribution in [0.1, 0.15) is 52.0 Å². The number of halogens is 2. The smallest absolute Gasteiger partial charge is 0.248 e. The highest BCUT2D eigenvalue weighted by Gasteiger charge is 2.30. The van der Waals surface area contributed by atoms with Gasteiger partial charge in [0, 0.05) is 12.8 Å². The van der Waals surface area contributed by atoms with Gasteiger partial charge in [0.15, 0.2) is 0 Å². The minimum Gasteiger partial charge on any atom is -0.370 e. The van der Waals surface area contributed by atoms with Crippen LogP contribution in [0.3, 0.4) is 0 Å². The predicted octanol–water partition coefficient (Wildman–Crippen LogP) is 2.34. The minimum atomic E-state index is -1.13. The summed E-state index contributed by atoms with van der Waals surface area (Å²) in [5.41, 5.74) is 6.02. The Morgan fingerprint density at radius 3 is 2.22 bits per heavy atom. The number of aromatic nitrogens is 1. The summed E-state index contributed by atoms with van der Waals surface area (Å²) in [5.74, 6) is -3.24. The lowest BCUT2D eigenvalue weighted by molar-refractivity contribution is -0.133. The summed E-state index contributed by atoms with van der Waals surface area (Å²) >= 11 is 3.21. The zero-order valence-corrected chi connectivity index (χ0v) is 24.8. The van der Waals surface area contributed by atoms with Crippen molar-refractivity contribution in [3.8, 4) is 0 Å². The number of pyridine rings is 1. The predicted molar refractivity (Wildman–Crippen MR) is 155 cm³/mol. The number of nitrogens with zero attached hydrogens (tertiary/aromatic N) is 1. The van der Waals surface area contributed by atoms with E-state index in [1.807, 2.05) is 6.92 Å². The van der Waals surface area contributed by atoms with Gasteiger partial charge in [0.1, 0.15) is 34.4 Å². The van der Waals surface area contributed by atoms with Gasteiger partial charge < -0.3 is 27.0 Å². The third kappa shape index (κ3) is 11.6. The van der Waals surface area contributed by atoms with Crippen LogP contribution in [0, 0.1) is 11.7 Å². The van der Waals surface area contributed by atoms with E-state index in [0.717, 1.165) is 5.56 Å². The Balaban J connectivity index is 2.01. The average Bonchev–Trinajstić information content (AvgIpc) is 2.92. The molecule has 0 spiro atoms. The van der Waals surface area contributed by atoms with E-state index in [1.165, 1.54) is 19.1 Å². The topological polar surface area (TPSA) is 172 Å². The number of hydrogen-bond donors (Lipinski definition) is 5. The van der Waals surface area contributed by atoms with Crippen LogP contribution in [0.25, 0.3) is 0 Å². The van der Waals surface area contributed by atoms with Crippen molar-refractivity contribution in [3.63, 3.8) is 0 Å². The van der Waals surface area contributed by atoms with Crippen molar-refractivity contribution in [2.75, 3.05) is 5.32 Å². The molecule has 0 aliphatic heterocycles. The van der Waals surface area contributed by atoms with Crippen LogP contribution >= 0.6 is 15.9 Å². The summed E-state index contributed by atoms with van der Waals surface area (Å²) in [7, 11) is 0. The van der Waals surface area contributed by atoms with Gasteiger partial charge in [-0.1, -0.05) is 38.5 Å². The first-order valence-corrected chi connectivity index (χ1v) is 14.0. The molecule has 0 radical (unpaired) electrons. The minimum absolute atomic E-state index is 0.0683. The molecule has 4 atom stereocenters. The van der Waals surface area contributed by atoms with E-state index in [0.29, 0.717) is 17.4 Å². The molecule has 6 N–H and O–H groups in total. The first-order valence-electron chi connectivity index (χ1n) is 13.3. The van der Waals surface area contributed by atoms with Crippen molar-refractivity contribution >= 4 is 51.3 Å². The number of benzene rings is 1. The zero-order chi connectivity index (χ0) is 30.5. The third-order valence-corrected chi connectivity index (χ3v) is 6.84. The maximum atomic E-state index is 13.1. The molecular formula is C28H36BrFN6O5. The molecule has 222 valence electrons. The van der Waals surface area contributed by atoms with Crippen molar-refractivity contribution in [3.05, 3.63) is 58.4 Å². The van der Waals surface area contributed by atoms with Gasteiger partial charge in [-0.25, -0.2) is 9.37 Å². The first-order chi connectivity index (χ1) is 19.4. The number of carbonyl (C=O) groups excluding carboxylic acids is 5. The second-order valence-corrected chi connectivity index (χ2v) is 10.5. The van der Waals surface area contributed by atoms with Crippen LogP contribution in [0.5, 0.6) is 0 Å². The van der Waals surface area contributed by atoms with Crippen LogP contribution in [0.2, 0.25) is 0 Å². The molecule has 2 aromatic rings. The molecule has 0 bridgehead atoms. The molecule has 0 aliphatic carbocycles. The van der Waals surface area contributed by atoms with E-state index in [1.54, 1.807) is 37.3 Å². The van der Waals surface area contributed by atoms with E-state index in [4.69, 9.17) is 5.73 Å². The molecule has 1 aromatic heterocycles. The van der Waals surface area contributed by atoms with E-state index >= 15 is 0 Å².